The molecular weight excluding hydrogens is 340 g/mol. The standard InChI is InChI=1S/C17H16N4O5/c1-10-14(12(8-18)15(26-10)21-6-2-3-7-21)16(23)25-9-13(22)20-17(24)19-11-4-5-11/h2-3,6-7,11H,4-5,9H2,1H3,(H2,19,20,22,24). The largest absolute Gasteiger partial charge is 0.452 e. The Hall–Kier alpha value is -3.54. The summed E-state index contributed by atoms with van der Waals surface area (Å²) >= 11 is 0. The molecule has 0 atom stereocenters. The third kappa shape index (κ3) is 3.75. The number of aryl methyl sites for hydroxylation is 1. The van der Waals surface area contributed by atoms with E-state index in [1.165, 1.54) is 6.92 Å². The predicted octanol–water partition coefficient (Wildman–Crippen LogP) is 1.40. The van der Waals surface area contributed by atoms with Gasteiger partial charge >= 0.3 is 12.0 Å². The van der Waals surface area contributed by atoms with Crippen LogP contribution in [0.4, 0.5) is 4.79 Å². The van der Waals surface area contributed by atoms with E-state index >= 15 is 0 Å². The lowest BCUT2D eigenvalue weighted by Gasteiger charge is -2.06. The highest BCUT2D eigenvalue weighted by atomic mass is 16.5. The lowest BCUT2D eigenvalue weighted by molar-refractivity contribution is -0.123. The lowest BCUT2D eigenvalue weighted by atomic mass is 10.1. The molecule has 3 amide bonds. The summed E-state index contributed by atoms with van der Waals surface area (Å²) in [6.07, 6.45) is 5.11. The van der Waals surface area contributed by atoms with Gasteiger partial charge in [-0.3, -0.25) is 14.7 Å². The second-order valence-electron chi connectivity index (χ2n) is 5.79. The van der Waals surface area contributed by atoms with Crippen LogP contribution in [0.1, 0.15) is 34.5 Å². The Kier molecular flexibility index (Phi) is 4.75. The maximum absolute atomic E-state index is 12.3. The second kappa shape index (κ2) is 7.14. The van der Waals surface area contributed by atoms with Crippen molar-refractivity contribution in [1.82, 2.24) is 15.2 Å². The first-order chi connectivity index (χ1) is 12.5. The van der Waals surface area contributed by atoms with Crippen molar-refractivity contribution in [2.45, 2.75) is 25.8 Å². The first-order valence-electron chi connectivity index (χ1n) is 7.94. The quantitative estimate of drug-likeness (QED) is 0.780. The Morgan fingerprint density at radius 2 is 2.04 bits per heavy atom. The van der Waals surface area contributed by atoms with E-state index in [0.717, 1.165) is 12.8 Å². The fourth-order valence-corrected chi connectivity index (χ4v) is 2.35. The molecule has 9 heteroatoms. The molecule has 2 N–H and O–H groups in total. The smallest absolute Gasteiger partial charge is 0.343 e. The van der Waals surface area contributed by atoms with Crippen molar-refractivity contribution in [1.29, 1.82) is 5.26 Å². The molecule has 1 fully saturated rings. The Bertz CT molecular complexity index is 887. The van der Waals surface area contributed by atoms with Crippen LogP contribution in [0.2, 0.25) is 0 Å². The van der Waals surface area contributed by atoms with Crippen LogP contribution in [0.3, 0.4) is 0 Å². The monoisotopic (exact) mass is 356 g/mol. The predicted molar refractivity (Wildman–Crippen MR) is 87.5 cm³/mol. The number of rotatable bonds is 5. The molecule has 0 radical (unpaired) electrons. The number of furan rings is 1. The van der Waals surface area contributed by atoms with Gasteiger partial charge in [0.05, 0.1) is 0 Å². The van der Waals surface area contributed by atoms with Crippen LogP contribution in [-0.4, -0.2) is 35.1 Å². The average Bonchev–Trinajstić information content (AvgIpc) is 3.11. The third-order valence-corrected chi connectivity index (χ3v) is 3.72. The van der Waals surface area contributed by atoms with E-state index in [-0.39, 0.29) is 28.8 Å². The molecule has 0 aromatic carbocycles. The van der Waals surface area contributed by atoms with Crippen molar-refractivity contribution in [2.75, 3.05) is 6.61 Å². The zero-order valence-electron chi connectivity index (χ0n) is 13.9. The zero-order valence-corrected chi connectivity index (χ0v) is 13.9. The van der Waals surface area contributed by atoms with E-state index in [4.69, 9.17) is 9.15 Å². The molecule has 0 saturated heterocycles. The van der Waals surface area contributed by atoms with E-state index in [9.17, 15) is 19.6 Å². The number of nitriles is 1. The van der Waals surface area contributed by atoms with Gasteiger partial charge in [-0.2, -0.15) is 5.26 Å². The molecule has 1 aliphatic carbocycles. The van der Waals surface area contributed by atoms with Gasteiger partial charge < -0.3 is 14.5 Å². The van der Waals surface area contributed by atoms with Gasteiger partial charge in [0.1, 0.15) is 23.0 Å². The molecule has 0 unspecified atom stereocenters. The number of urea groups is 1. The molecule has 9 nitrogen and oxygen atoms in total. The van der Waals surface area contributed by atoms with Gasteiger partial charge in [-0.15, -0.1) is 0 Å². The minimum Gasteiger partial charge on any atom is -0.452 e. The molecule has 1 saturated carbocycles. The van der Waals surface area contributed by atoms with E-state index in [1.807, 2.05) is 6.07 Å². The maximum Gasteiger partial charge on any atom is 0.343 e. The van der Waals surface area contributed by atoms with Gasteiger partial charge in [0.25, 0.3) is 5.91 Å². The number of hydrogen-bond acceptors (Lipinski definition) is 6. The van der Waals surface area contributed by atoms with Crippen LogP contribution in [0, 0.1) is 18.3 Å². The van der Waals surface area contributed by atoms with E-state index in [1.54, 1.807) is 29.1 Å². The van der Waals surface area contributed by atoms with Crippen molar-refractivity contribution >= 4 is 17.9 Å². The molecule has 2 aromatic heterocycles. The number of carbonyl (C=O) groups excluding carboxylic acids is 3. The third-order valence-electron chi connectivity index (χ3n) is 3.72. The van der Waals surface area contributed by atoms with Crippen molar-refractivity contribution < 1.29 is 23.5 Å². The number of esters is 1. The van der Waals surface area contributed by atoms with Gasteiger partial charge in [0.15, 0.2) is 6.61 Å². The van der Waals surface area contributed by atoms with Crippen LogP contribution in [0.25, 0.3) is 5.88 Å². The second-order valence-corrected chi connectivity index (χ2v) is 5.79. The maximum atomic E-state index is 12.3. The minimum atomic E-state index is -0.876. The number of imide groups is 1. The van der Waals surface area contributed by atoms with Gasteiger partial charge in [0.2, 0.25) is 5.88 Å². The zero-order chi connectivity index (χ0) is 18.7. The number of amides is 3. The minimum absolute atomic E-state index is 0.00980. The molecule has 0 bridgehead atoms. The van der Waals surface area contributed by atoms with E-state index < -0.39 is 24.5 Å². The van der Waals surface area contributed by atoms with Crippen molar-refractivity contribution in [3.05, 3.63) is 41.4 Å². The number of aromatic nitrogens is 1. The first-order valence-corrected chi connectivity index (χ1v) is 7.94. The topological polar surface area (TPSA) is 126 Å². The number of carbonyl (C=O) groups is 3. The van der Waals surface area contributed by atoms with E-state index in [0.29, 0.717) is 0 Å². The summed E-state index contributed by atoms with van der Waals surface area (Å²) in [6, 6.07) is 4.89. The lowest BCUT2D eigenvalue weighted by Crippen LogP contribution is -2.42. The fourth-order valence-electron chi connectivity index (χ4n) is 2.35. The molecule has 134 valence electrons. The normalized spacial score (nSPS) is 12.9. The first kappa shape index (κ1) is 17.3. The average molecular weight is 356 g/mol. The fraction of sp³-hybridized carbons (Fsp3) is 0.294. The molecule has 3 rings (SSSR count). The summed E-state index contributed by atoms with van der Waals surface area (Å²) in [7, 11) is 0. The summed E-state index contributed by atoms with van der Waals surface area (Å²) in [5, 5.41) is 14.0. The van der Waals surface area contributed by atoms with Crippen LogP contribution >= 0.6 is 0 Å². The summed E-state index contributed by atoms with van der Waals surface area (Å²) in [5.74, 6) is -1.25. The highest BCUT2D eigenvalue weighted by Gasteiger charge is 2.27. The van der Waals surface area contributed by atoms with Crippen LogP contribution in [-0.2, 0) is 9.53 Å². The number of nitrogens with zero attached hydrogens (tertiary/aromatic N) is 2. The molecule has 2 heterocycles. The summed E-state index contributed by atoms with van der Waals surface area (Å²) < 4.78 is 12.0. The van der Waals surface area contributed by atoms with Crippen LogP contribution < -0.4 is 10.6 Å². The molecule has 0 spiro atoms. The Balaban J connectivity index is 1.65. The molecule has 26 heavy (non-hydrogen) atoms. The molecule has 0 aliphatic heterocycles. The highest BCUT2D eigenvalue weighted by molar-refractivity contribution is 5.98. The summed E-state index contributed by atoms with van der Waals surface area (Å²) in [5.41, 5.74) is -0.0398. The van der Waals surface area contributed by atoms with Gasteiger partial charge in [-0.1, -0.05) is 0 Å². The van der Waals surface area contributed by atoms with Crippen molar-refractivity contribution in [3.8, 4) is 12.0 Å². The number of ether oxygens (including phenoxy) is 1. The highest BCUT2D eigenvalue weighted by Crippen LogP contribution is 2.26. The number of hydrogen-bond donors (Lipinski definition) is 2. The molecule has 2 aromatic rings. The van der Waals surface area contributed by atoms with E-state index in [2.05, 4.69) is 10.6 Å². The SMILES string of the molecule is Cc1oc(-n2cccc2)c(C#N)c1C(=O)OCC(=O)NC(=O)NC1CC1. The van der Waals surface area contributed by atoms with Crippen molar-refractivity contribution in [3.63, 3.8) is 0 Å². The van der Waals surface area contributed by atoms with Crippen LogP contribution in [0.15, 0.2) is 28.9 Å². The Morgan fingerprint density at radius 3 is 2.65 bits per heavy atom. The molecule has 1 aliphatic rings. The van der Waals surface area contributed by atoms with Crippen LogP contribution in [0.5, 0.6) is 0 Å². The Labute approximate surface area is 148 Å². The summed E-state index contributed by atoms with van der Waals surface area (Å²) in [4.78, 5) is 35.4. The Morgan fingerprint density at radius 1 is 1.35 bits per heavy atom. The van der Waals surface area contributed by atoms with Gasteiger partial charge in [-0.05, 0) is 31.9 Å². The number of nitrogens with one attached hydrogen (secondary N) is 2. The summed E-state index contributed by atoms with van der Waals surface area (Å²) in [6.45, 7) is 0.874. The van der Waals surface area contributed by atoms with Gasteiger partial charge in [-0.25, -0.2) is 9.59 Å². The van der Waals surface area contributed by atoms with Gasteiger partial charge in [0, 0.05) is 18.4 Å². The van der Waals surface area contributed by atoms with Crippen molar-refractivity contribution in [2.24, 2.45) is 0 Å². The molecular formula is C17H16N4O5.